The van der Waals surface area contributed by atoms with Crippen LogP contribution >= 0.6 is 0 Å². The van der Waals surface area contributed by atoms with E-state index in [2.05, 4.69) is 20.5 Å². The molecular formula is C13H18N6O2. The number of nitrogens with zero attached hydrogens (tertiary/aromatic N) is 4. The molecule has 0 aliphatic carbocycles. The van der Waals surface area contributed by atoms with Gasteiger partial charge in [0.15, 0.2) is 5.82 Å². The molecule has 8 nitrogen and oxygen atoms in total. The molecule has 0 spiro atoms. The number of nitrogens with two attached hydrogens (primary N) is 1. The summed E-state index contributed by atoms with van der Waals surface area (Å²) in [4.78, 5) is 15.9. The average Bonchev–Trinajstić information content (AvgIpc) is 2.94. The molecule has 0 amide bonds. The molecule has 112 valence electrons. The topological polar surface area (TPSA) is 108 Å². The summed E-state index contributed by atoms with van der Waals surface area (Å²) in [6.45, 7) is 5.28. The highest BCUT2D eigenvalue weighted by atomic mass is 16.5. The Morgan fingerprint density at radius 1 is 1.48 bits per heavy atom. The fourth-order valence-electron chi connectivity index (χ4n) is 1.80. The van der Waals surface area contributed by atoms with Gasteiger partial charge in [-0.3, -0.25) is 0 Å². The van der Waals surface area contributed by atoms with Gasteiger partial charge in [-0.25, -0.2) is 9.78 Å². The lowest BCUT2D eigenvalue weighted by molar-refractivity contribution is 0.0527. The Kier molecular flexibility index (Phi) is 4.70. The fourth-order valence-corrected chi connectivity index (χ4v) is 1.80. The van der Waals surface area contributed by atoms with Crippen LogP contribution in [0.2, 0.25) is 0 Å². The van der Waals surface area contributed by atoms with E-state index in [1.54, 1.807) is 19.3 Å². The van der Waals surface area contributed by atoms with Crippen LogP contribution in [-0.4, -0.2) is 32.3 Å². The zero-order valence-corrected chi connectivity index (χ0v) is 12.0. The Labute approximate surface area is 122 Å². The lowest BCUT2D eigenvalue weighted by atomic mass is 10.2. The van der Waals surface area contributed by atoms with E-state index in [-0.39, 0.29) is 5.69 Å². The van der Waals surface area contributed by atoms with Crippen LogP contribution in [0.3, 0.4) is 0 Å². The summed E-state index contributed by atoms with van der Waals surface area (Å²) in [7, 11) is 0. The Bertz CT molecular complexity index is 625. The van der Waals surface area contributed by atoms with E-state index < -0.39 is 5.97 Å². The van der Waals surface area contributed by atoms with Crippen molar-refractivity contribution in [2.45, 2.75) is 26.9 Å². The molecule has 0 fully saturated rings. The van der Waals surface area contributed by atoms with Gasteiger partial charge >= 0.3 is 5.97 Å². The molecule has 0 aromatic carbocycles. The average molecular weight is 290 g/mol. The smallest absolute Gasteiger partial charge is 0.340 e. The summed E-state index contributed by atoms with van der Waals surface area (Å²) in [5, 5.41) is 10.9. The molecule has 0 aliphatic rings. The van der Waals surface area contributed by atoms with Crippen LogP contribution in [0.25, 0.3) is 0 Å². The maximum Gasteiger partial charge on any atom is 0.340 e. The molecule has 2 aromatic heterocycles. The van der Waals surface area contributed by atoms with Crippen molar-refractivity contribution in [2.75, 3.05) is 17.7 Å². The van der Waals surface area contributed by atoms with Crippen LogP contribution in [0.15, 0.2) is 18.6 Å². The second-order valence-electron chi connectivity index (χ2n) is 4.26. The van der Waals surface area contributed by atoms with Gasteiger partial charge in [0, 0.05) is 6.54 Å². The first-order valence-electron chi connectivity index (χ1n) is 6.68. The molecule has 0 atom stereocenters. The van der Waals surface area contributed by atoms with E-state index in [1.807, 2.05) is 11.5 Å². The van der Waals surface area contributed by atoms with Gasteiger partial charge in [-0.2, -0.15) is 0 Å². The normalized spacial score (nSPS) is 10.4. The molecule has 2 aromatic rings. The summed E-state index contributed by atoms with van der Waals surface area (Å²) >= 11 is 0. The Morgan fingerprint density at radius 3 is 3.00 bits per heavy atom. The Morgan fingerprint density at radius 2 is 2.29 bits per heavy atom. The SMILES string of the molecule is CCOC(=O)c1cc(NCc2nncn2CC)ncc1N. The van der Waals surface area contributed by atoms with E-state index in [4.69, 9.17) is 10.5 Å². The van der Waals surface area contributed by atoms with Gasteiger partial charge in [-0.1, -0.05) is 0 Å². The summed E-state index contributed by atoms with van der Waals surface area (Å²) in [5.74, 6) is 0.851. The molecule has 0 saturated heterocycles. The molecule has 8 heteroatoms. The summed E-state index contributed by atoms with van der Waals surface area (Å²) in [5.41, 5.74) is 6.32. The third-order valence-electron chi connectivity index (χ3n) is 2.89. The first kappa shape index (κ1) is 14.8. The molecule has 0 bridgehead atoms. The fraction of sp³-hybridized carbons (Fsp3) is 0.385. The zero-order valence-electron chi connectivity index (χ0n) is 12.0. The van der Waals surface area contributed by atoms with Crippen molar-refractivity contribution in [1.82, 2.24) is 19.7 Å². The number of aryl methyl sites for hydroxylation is 1. The molecule has 0 unspecified atom stereocenters. The number of anilines is 2. The minimum absolute atomic E-state index is 0.288. The number of aromatic nitrogens is 4. The van der Waals surface area contributed by atoms with E-state index in [1.165, 1.54) is 6.20 Å². The highest BCUT2D eigenvalue weighted by molar-refractivity contribution is 5.95. The van der Waals surface area contributed by atoms with E-state index in [0.717, 1.165) is 12.4 Å². The lowest BCUT2D eigenvalue weighted by Crippen LogP contribution is -2.12. The number of rotatable bonds is 6. The monoisotopic (exact) mass is 290 g/mol. The van der Waals surface area contributed by atoms with Gasteiger partial charge in [-0.15, -0.1) is 10.2 Å². The van der Waals surface area contributed by atoms with Crippen LogP contribution < -0.4 is 11.1 Å². The number of carbonyl (C=O) groups excluding carboxylic acids is 1. The van der Waals surface area contributed by atoms with Crippen molar-refractivity contribution in [3.8, 4) is 0 Å². The highest BCUT2D eigenvalue weighted by Gasteiger charge is 2.12. The summed E-state index contributed by atoms with van der Waals surface area (Å²) < 4.78 is 6.86. The standard InChI is InChI=1S/C13H18N6O2/c1-3-19-8-17-18-12(19)7-16-11-5-9(10(14)6-15-11)13(20)21-4-2/h5-6,8H,3-4,7,14H2,1-2H3,(H,15,16). The van der Waals surface area contributed by atoms with Crippen LogP contribution in [-0.2, 0) is 17.8 Å². The van der Waals surface area contributed by atoms with Crippen molar-refractivity contribution in [2.24, 2.45) is 0 Å². The number of hydrogen-bond acceptors (Lipinski definition) is 7. The molecule has 3 N–H and O–H groups in total. The van der Waals surface area contributed by atoms with Crippen molar-refractivity contribution in [3.63, 3.8) is 0 Å². The molecule has 2 rings (SSSR count). The number of ether oxygens (including phenoxy) is 1. The molecule has 0 radical (unpaired) electrons. The van der Waals surface area contributed by atoms with E-state index in [0.29, 0.717) is 24.5 Å². The van der Waals surface area contributed by atoms with Crippen LogP contribution in [0.5, 0.6) is 0 Å². The van der Waals surface area contributed by atoms with Gasteiger partial charge in [0.2, 0.25) is 0 Å². The lowest BCUT2D eigenvalue weighted by Gasteiger charge is -2.09. The molecule has 0 saturated carbocycles. The second-order valence-corrected chi connectivity index (χ2v) is 4.26. The third-order valence-corrected chi connectivity index (χ3v) is 2.89. The van der Waals surface area contributed by atoms with Crippen molar-refractivity contribution < 1.29 is 9.53 Å². The Hall–Kier alpha value is -2.64. The molecule has 2 heterocycles. The second kappa shape index (κ2) is 6.69. The van der Waals surface area contributed by atoms with Gasteiger partial charge in [0.25, 0.3) is 0 Å². The van der Waals surface area contributed by atoms with E-state index >= 15 is 0 Å². The van der Waals surface area contributed by atoms with Gasteiger partial charge in [-0.05, 0) is 19.9 Å². The van der Waals surface area contributed by atoms with Gasteiger partial charge in [0.1, 0.15) is 12.1 Å². The molecular weight excluding hydrogens is 272 g/mol. The molecule has 21 heavy (non-hydrogen) atoms. The first-order valence-corrected chi connectivity index (χ1v) is 6.68. The number of hydrogen-bond donors (Lipinski definition) is 2. The van der Waals surface area contributed by atoms with Crippen LogP contribution in [0, 0.1) is 0 Å². The van der Waals surface area contributed by atoms with Gasteiger partial charge < -0.3 is 20.4 Å². The first-order chi connectivity index (χ1) is 10.2. The van der Waals surface area contributed by atoms with Crippen LogP contribution in [0.4, 0.5) is 11.5 Å². The quantitative estimate of drug-likeness (QED) is 0.766. The summed E-state index contributed by atoms with van der Waals surface area (Å²) in [6.07, 6.45) is 3.09. The van der Waals surface area contributed by atoms with Crippen molar-refractivity contribution in [3.05, 3.63) is 30.0 Å². The minimum atomic E-state index is -0.461. The highest BCUT2D eigenvalue weighted by Crippen LogP contribution is 2.16. The number of nitrogens with one attached hydrogen (secondary N) is 1. The number of nitrogen functional groups attached to an aromatic ring is 1. The minimum Gasteiger partial charge on any atom is -0.462 e. The zero-order chi connectivity index (χ0) is 15.2. The number of carbonyl (C=O) groups is 1. The number of pyridine rings is 1. The molecule has 0 aliphatic heterocycles. The maximum atomic E-state index is 11.8. The predicted octanol–water partition coefficient (Wildman–Crippen LogP) is 1.06. The number of esters is 1. The predicted molar refractivity (Wildman–Crippen MR) is 77.6 cm³/mol. The van der Waals surface area contributed by atoms with Crippen LogP contribution in [0.1, 0.15) is 30.0 Å². The largest absolute Gasteiger partial charge is 0.462 e. The summed E-state index contributed by atoms with van der Waals surface area (Å²) in [6, 6.07) is 1.57. The Balaban J connectivity index is 2.10. The van der Waals surface area contributed by atoms with Gasteiger partial charge in [0.05, 0.1) is 30.6 Å². The third kappa shape index (κ3) is 3.47. The van der Waals surface area contributed by atoms with E-state index in [9.17, 15) is 4.79 Å². The van der Waals surface area contributed by atoms with Crippen molar-refractivity contribution >= 4 is 17.5 Å². The van der Waals surface area contributed by atoms with Crippen molar-refractivity contribution in [1.29, 1.82) is 0 Å². The maximum absolute atomic E-state index is 11.8.